The van der Waals surface area contributed by atoms with Crippen LogP contribution in [0.5, 0.6) is 11.5 Å². The smallest absolute Gasteiger partial charge is 0.306 e. The first kappa shape index (κ1) is 14.1. The van der Waals surface area contributed by atoms with Crippen LogP contribution in [-0.2, 0) is 0 Å². The zero-order valence-electron chi connectivity index (χ0n) is 12.0. The van der Waals surface area contributed by atoms with Crippen molar-refractivity contribution in [2.45, 2.75) is 0 Å². The van der Waals surface area contributed by atoms with Gasteiger partial charge in [-0.25, -0.2) is 9.67 Å². The van der Waals surface area contributed by atoms with Crippen LogP contribution < -0.4 is 9.47 Å². The number of hydrogen-bond acceptors (Lipinski definition) is 6. The van der Waals surface area contributed by atoms with Crippen molar-refractivity contribution in [2.75, 3.05) is 6.79 Å². The molecule has 120 valence electrons. The molecule has 0 unspecified atom stereocenters. The van der Waals surface area contributed by atoms with Crippen molar-refractivity contribution in [3.8, 4) is 28.6 Å². The van der Waals surface area contributed by atoms with Crippen LogP contribution in [0.1, 0.15) is 0 Å². The van der Waals surface area contributed by atoms with E-state index in [2.05, 4.69) is 10.1 Å². The lowest BCUT2D eigenvalue weighted by Gasteiger charge is -2.07. The molecule has 0 saturated heterocycles. The minimum Gasteiger partial charge on any atom is -0.454 e. The Morgan fingerprint density at radius 2 is 2.00 bits per heavy atom. The summed E-state index contributed by atoms with van der Waals surface area (Å²) in [5.41, 5.74) is 0.386. The number of nitrogens with zero attached hydrogens (tertiary/aromatic N) is 4. The lowest BCUT2D eigenvalue weighted by molar-refractivity contribution is -0.387. The van der Waals surface area contributed by atoms with Crippen LogP contribution in [0.25, 0.3) is 17.1 Å². The molecule has 3 aromatic rings. The molecule has 0 fully saturated rings. The van der Waals surface area contributed by atoms with Gasteiger partial charge in [-0.3, -0.25) is 10.1 Å². The molecule has 24 heavy (non-hydrogen) atoms. The van der Waals surface area contributed by atoms with Gasteiger partial charge in [0.05, 0.1) is 10.6 Å². The van der Waals surface area contributed by atoms with Gasteiger partial charge in [0.15, 0.2) is 17.3 Å². The van der Waals surface area contributed by atoms with E-state index in [9.17, 15) is 14.5 Å². The summed E-state index contributed by atoms with van der Waals surface area (Å²) in [4.78, 5) is 14.3. The molecule has 0 radical (unpaired) electrons. The summed E-state index contributed by atoms with van der Waals surface area (Å²) in [6, 6.07) is 8.78. The highest BCUT2D eigenvalue weighted by Crippen LogP contribution is 2.35. The molecule has 2 aromatic carbocycles. The van der Waals surface area contributed by atoms with Gasteiger partial charge in [-0.1, -0.05) is 0 Å². The molecule has 1 aliphatic heterocycles. The lowest BCUT2D eigenvalue weighted by Crippen LogP contribution is -2.02. The lowest BCUT2D eigenvalue weighted by atomic mass is 10.2. The summed E-state index contributed by atoms with van der Waals surface area (Å²) in [5.74, 6) is 0.733. The number of ether oxygens (including phenoxy) is 2. The Hall–Kier alpha value is -3.49. The van der Waals surface area contributed by atoms with E-state index in [0.29, 0.717) is 28.6 Å². The zero-order valence-corrected chi connectivity index (χ0v) is 12.0. The third-order valence-corrected chi connectivity index (χ3v) is 3.55. The molecule has 0 spiro atoms. The average Bonchev–Trinajstić information content (AvgIpc) is 3.23. The third kappa shape index (κ3) is 2.22. The molecular weight excluding hydrogens is 319 g/mol. The van der Waals surface area contributed by atoms with Crippen LogP contribution in [0.2, 0.25) is 0 Å². The minimum absolute atomic E-state index is 0.148. The van der Waals surface area contributed by atoms with Gasteiger partial charge in [0, 0.05) is 11.6 Å². The first-order valence-electron chi connectivity index (χ1n) is 6.88. The van der Waals surface area contributed by atoms with Gasteiger partial charge in [-0.05, 0) is 30.3 Å². The van der Waals surface area contributed by atoms with E-state index >= 15 is 0 Å². The number of halogens is 1. The van der Waals surface area contributed by atoms with Crippen molar-refractivity contribution in [1.82, 2.24) is 14.8 Å². The van der Waals surface area contributed by atoms with Gasteiger partial charge in [-0.15, -0.1) is 0 Å². The van der Waals surface area contributed by atoms with Crippen LogP contribution in [0.4, 0.5) is 10.1 Å². The monoisotopic (exact) mass is 328 g/mol. The molecule has 0 saturated carbocycles. The number of fused-ring (bicyclic) bond motifs is 1. The van der Waals surface area contributed by atoms with Crippen molar-refractivity contribution in [3.63, 3.8) is 0 Å². The molecule has 1 aromatic heterocycles. The summed E-state index contributed by atoms with van der Waals surface area (Å²) >= 11 is 0. The van der Waals surface area contributed by atoms with E-state index in [-0.39, 0.29) is 6.79 Å². The molecule has 1 aliphatic rings. The van der Waals surface area contributed by atoms with Crippen LogP contribution >= 0.6 is 0 Å². The number of benzene rings is 2. The number of hydrogen-bond donors (Lipinski definition) is 0. The van der Waals surface area contributed by atoms with Gasteiger partial charge in [0.2, 0.25) is 12.6 Å². The summed E-state index contributed by atoms with van der Waals surface area (Å²) in [6.07, 6.45) is 1.31. The van der Waals surface area contributed by atoms with Crippen molar-refractivity contribution in [2.24, 2.45) is 0 Å². The number of nitro groups is 1. The highest BCUT2D eigenvalue weighted by atomic mass is 19.1. The molecule has 0 aliphatic carbocycles. The Morgan fingerprint density at radius 3 is 2.83 bits per heavy atom. The predicted molar refractivity (Wildman–Crippen MR) is 79.5 cm³/mol. The number of rotatable bonds is 3. The van der Waals surface area contributed by atoms with Gasteiger partial charge in [0.1, 0.15) is 6.33 Å². The fourth-order valence-electron chi connectivity index (χ4n) is 2.44. The number of aromatic nitrogens is 3. The van der Waals surface area contributed by atoms with E-state index in [1.165, 1.54) is 17.1 Å². The van der Waals surface area contributed by atoms with Gasteiger partial charge < -0.3 is 9.47 Å². The number of nitro benzene ring substituents is 1. The highest BCUT2D eigenvalue weighted by molar-refractivity contribution is 5.63. The fraction of sp³-hybridized carbons (Fsp3) is 0.0667. The first-order valence-corrected chi connectivity index (χ1v) is 6.88. The second-order valence-electron chi connectivity index (χ2n) is 4.96. The van der Waals surface area contributed by atoms with Crippen molar-refractivity contribution in [3.05, 3.63) is 58.7 Å². The third-order valence-electron chi connectivity index (χ3n) is 3.55. The summed E-state index contributed by atoms with van der Waals surface area (Å²) in [7, 11) is 0. The van der Waals surface area contributed by atoms with Crippen LogP contribution in [-0.4, -0.2) is 26.5 Å². The topological polar surface area (TPSA) is 92.3 Å². The first-order chi connectivity index (χ1) is 11.6. The maximum atomic E-state index is 13.5. The Balaban J connectivity index is 1.81. The second kappa shape index (κ2) is 5.30. The minimum atomic E-state index is -0.909. The Labute approximate surface area is 134 Å². The van der Waals surface area contributed by atoms with Crippen molar-refractivity contribution < 1.29 is 18.8 Å². The van der Waals surface area contributed by atoms with E-state index in [4.69, 9.17) is 9.47 Å². The van der Waals surface area contributed by atoms with Gasteiger partial charge in [0.25, 0.3) is 0 Å². The highest BCUT2D eigenvalue weighted by Gasteiger charge is 2.19. The Bertz CT molecular complexity index is 956. The zero-order chi connectivity index (χ0) is 16.7. The molecule has 4 rings (SSSR count). The van der Waals surface area contributed by atoms with Crippen LogP contribution in [0.3, 0.4) is 0 Å². The van der Waals surface area contributed by atoms with Crippen molar-refractivity contribution >= 4 is 5.69 Å². The molecule has 9 heteroatoms. The second-order valence-corrected chi connectivity index (χ2v) is 4.96. The molecular formula is C15H9FN4O4. The molecule has 0 amide bonds. The largest absolute Gasteiger partial charge is 0.454 e. The maximum Gasteiger partial charge on any atom is 0.306 e. The van der Waals surface area contributed by atoms with Crippen LogP contribution in [0, 0.1) is 15.9 Å². The average molecular weight is 328 g/mol. The van der Waals surface area contributed by atoms with E-state index in [1.807, 2.05) is 0 Å². The maximum absolute atomic E-state index is 13.5. The standard InChI is InChI=1S/C15H9FN4O4/c16-11-3-2-10(6-12(11)20(21)22)19-15(17-7-18-19)9-1-4-13-14(5-9)24-8-23-13/h1-7H,8H2. The SMILES string of the molecule is O=[N+]([O-])c1cc(-n2ncnc2-c2ccc3c(c2)OCO3)ccc1F. The summed E-state index contributed by atoms with van der Waals surface area (Å²) < 4.78 is 25.5. The normalized spacial score (nSPS) is 12.4. The fourth-order valence-corrected chi connectivity index (χ4v) is 2.44. The summed E-state index contributed by atoms with van der Waals surface area (Å²) in [5, 5.41) is 15.0. The van der Waals surface area contributed by atoms with Crippen LogP contribution in [0.15, 0.2) is 42.7 Å². The van der Waals surface area contributed by atoms with Gasteiger partial charge >= 0.3 is 5.69 Å². The molecule has 2 heterocycles. The van der Waals surface area contributed by atoms with E-state index < -0.39 is 16.4 Å². The van der Waals surface area contributed by atoms with E-state index in [1.54, 1.807) is 18.2 Å². The quantitative estimate of drug-likeness (QED) is 0.542. The molecule has 0 atom stereocenters. The molecule has 8 nitrogen and oxygen atoms in total. The van der Waals surface area contributed by atoms with E-state index in [0.717, 1.165) is 12.1 Å². The molecule has 0 bridgehead atoms. The predicted octanol–water partition coefficient (Wildman–Crippen LogP) is 2.71. The van der Waals surface area contributed by atoms with Crippen molar-refractivity contribution in [1.29, 1.82) is 0 Å². The summed E-state index contributed by atoms with van der Waals surface area (Å²) in [6.45, 7) is 0.148. The Morgan fingerprint density at radius 1 is 1.17 bits per heavy atom. The van der Waals surface area contributed by atoms with Gasteiger partial charge in [-0.2, -0.15) is 9.49 Å². The Kier molecular flexibility index (Phi) is 3.12. The molecule has 0 N–H and O–H groups in total.